The highest BCUT2D eigenvalue weighted by Crippen LogP contribution is 2.22. The zero-order valence-corrected chi connectivity index (χ0v) is 15.8. The molecule has 1 aromatic heterocycles. The summed E-state index contributed by atoms with van der Waals surface area (Å²) in [6, 6.07) is 6.74. The summed E-state index contributed by atoms with van der Waals surface area (Å²) in [6.07, 6.45) is 2.30. The Hall–Kier alpha value is -2.22. The summed E-state index contributed by atoms with van der Waals surface area (Å²) in [6.45, 7) is 4.36. The standard InChI is InChI=1S/C18H23N3O4S/c1-3-4-10-21(16-9-11-26(23,24)12-16)18(22)15-7-5-14(6-8-15)17-19-13(2)20-25-17/h5-8,16H,3-4,9-12H2,1-2H3. The quantitative estimate of drug-likeness (QED) is 0.768. The second kappa shape index (κ2) is 7.57. The first-order valence-corrected chi connectivity index (χ1v) is 10.6. The fraction of sp³-hybridized carbons (Fsp3) is 0.500. The number of rotatable bonds is 6. The molecular formula is C18H23N3O4S. The summed E-state index contributed by atoms with van der Waals surface area (Å²) in [4.78, 5) is 18.9. The molecule has 0 bridgehead atoms. The molecule has 3 rings (SSSR count). The second-order valence-corrected chi connectivity index (χ2v) is 8.86. The SMILES string of the molecule is CCCCN(C(=O)c1ccc(-c2nc(C)no2)cc1)C1CCS(=O)(=O)C1. The van der Waals surface area contributed by atoms with E-state index in [2.05, 4.69) is 17.1 Å². The van der Waals surface area contributed by atoms with E-state index in [1.54, 1.807) is 36.1 Å². The Morgan fingerprint density at radius 2 is 2.04 bits per heavy atom. The predicted molar refractivity (Wildman–Crippen MR) is 97.5 cm³/mol. The van der Waals surface area contributed by atoms with Crippen LogP contribution in [-0.2, 0) is 9.84 Å². The van der Waals surface area contributed by atoms with Gasteiger partial charge in [0, 0.05) is 23.7 Å². The lowest BCUT2D eigenvalue weighted by atomic mass is 10.1. The van der Waals surface area contributed by atoms with Crippen LogP contribution >= 0.6 is 0 Å². The third-order valence-corrected chi connectivity index (χ3v) is 6.32. The lowest BCUT2D eigenvalue weighted by Gasteiger charge is -2.28. The molecule has 7 nitrogen and oxygen atoms in total. The van der Waals surface area contributed by atoms with Crippen molar-refractivity contribution in [1.29, 1.82) is 0 Å². The van der Waals surface area contributed by atoms with E-state index in [4.69, 9.17) is 4.52 Å². The van der Waals surface area contributed by atoms with Crippen LogP contribution in [0, 0.1) is 6.92 Å². The Balaban J connectivity index is 1.79. The van der Waals surface area contributed by atoms with Gasteiger partial charge in [-0.3, -0.25) is 4.79 Å². The van der Waals surface area contributed by atoms with E-state index in [0.717, 1.165) is 18.4 Å². The fourth-order valence-corrected chi connectivity index (χ4v) is 4.87. The number of sulfone groups is 1. The predicted octanol–water partition coefficient (Wildman–Crippen LogP) is 2.47. The molecule has 0 saturated carbocycles. The smallest absolute Gasteiger partial charge is 0.257 e. The minimum Gasteiger partial charge on any atom is -0.335 e. The highest BCUT2D eigenvalue weighted by atomic mass is 32.2. The first-order chi connectivity index (χ1) is 12.4. The van der Waals surface area contributed by atoms with Crippen LogP contribution in [0.25, 0.3) is 11.5 Å². The number of carbonyl (C=O) groups is 1. The van der Waals surface area contributed by atoms with Gasteiger partial charge < -0.3 is 9.42 Å². The van der Waals surface area contributed by atoms with Gasteiger partial charge in [0.25, 0.3) is 11.8 Å². The minimum absolute atomic E-state index is 0.0573. The van der Waals surface area contributed by atoms with E-state index in [1.165, 1.54) is 0 Å². The molecule has 1 unspecified atom stereocenters. The van der Waals surface area contributed by atoms with Crippen LogP contribution in [0.4, 0.5) is 0 Å². The summed E-state index contributed by atoms with van der Waals surface area (Å²) < 4.78 is 28.8. The summed E-state index contributed by atoms with van der Waals surface area (Å²) in [5, 5.41) is 3.76. The van der Waals surface area contributed by atoms with Crippen LogP contribution < -0.4 is 0 Å². The van der Waals surface area contributed by atoms with Gasteiger partial charge in [-0.1, -0.05) is 18.5 Å². The molecule has 0 N–H and O–H groups in total. The number of unbranched alkanes of at least 4 members (excludes halogenated alkanes) is 1. The van der Waals surface area contributed by atoms with Gasteiger partial charge in [-0.2, -0.15) is 4.98 Å². The van der Waals surface area contributed by atoms with Crippen molar-refractivity contribution in [2.24, 2.45) is 0 Å². The van der Waals surface area contributed by atoms with E-state index in [-0.39, 0.29) is 23.5 Å². The molecule has 1 atom stereocenters. The highest BCUT2D eigenvalue weighted by Gasteiger charge is 2.34. The van der Waals surface area contributed by atoms with Gasteiger partial charge in [-0.15, -0.1) is 0 Å². The van der Waals surface area contributed by atoms with Crippen LogP contribution in [0.3, 0.4) is 0 Å². The highest BCUT2D eigenvalue weighted by molar-refractivity contribution is 7.91. The summed E-state index contributed by atoms with van der Waals surface area (Å²) >= 11 is 0. The summed E-state index contributed by atoms with van der Waals surface area (Å²) in [7, 11) is -3.04. The van der Waals surface area contributed by atoms with Crippen LogP contribution in [0.1, 0.15) is 42.4 Å². The number of benzene rings is 1. The monoisotopic (exact) mass is 377 g/mol. The molecule has 1 aliphatic rings. The number of nitrogens with zero attached hydrogens (tertiary/aromatic N) is 3. The Kier molecular flexibility index (Phi) is 5.41. The van der Waals surface area contributed by atoms with Crippen LogP contribution in [-0.4, -0.2) is 53.5 Å². The Labute approximate surface area is 153 Å². The zero-order valence-electron chi connectivity index (χ0n) is 15.0. The van der Waals surface area contributed by atoms with Crippen molar-refractivity contribution in [3.63, 3.8) is 0 Å². The first-order valence-electron chi connectivity index (χ1n) is 8.82. The van der Waals surface area contributed by atoms with Gasteiger partial charge in [0.1, 0.15) is 0 Å². The molecule has 2 heterocycles. The number of aromatic nitrogens is 2. The van der Waals surface area contributed by atoms with Crippen molar-refractivity contribution in [3.05, 3.63) is 35.7 Å². The van der Waals surface area contributed by atoms with E-state index in [9.17, 15) is 13.2 Å². The number of amides is 1. The normalized spacial score (nSPS) is 18.8. The van der Waals surface area contributed by atoms with Crippen molar-refractivity contribution < 1.29 is 17.7 Å². The average molecular weight is 377 g/mol. The van der Waals surface area contributed by atoms with Crippen LogP contribution in [0.5, 0.6) is 0 Å². The molecule has 0 spiro atoms. The van der Waals surface area contributed by atoms with E-state index in [1.807, 2.05) is 0 Å². The molecule has 1 aromatic carbocycles. The largest absolute Gasteiger partial charge is 0.335 e. The molecule has 26 heavy (non-hydrogen) atoms. The van der Waals surface area contributed by atoms with Crippen LogP contribution in [0.15, 0.2) is 28.8 Å². The molecule has 1 saturated heterocycles. The van der Waals surface area contributed by atoms with Crippen molar-refractivity contribution in [2.75, 3.05) is 18.1 Å². The third-order valence-electron chi connectivity index (χ3n) is 4.57. The Bertz CT molecular complexity index is 874. The van der Waals surface area contributed by atoms with E-state index < -0.39 is 9.84 Å². The van der Waals surface area contributed by atoms with Crippen molar-refractivity contribution in [3.8, 4) is 11.5 Å². The molecule has 0 radical (unpaired) electrons. The maximum absolute atomic E-state index is 13.0. The summed E-state index contributed by atoms with van der Waals surface area (Å²) in [5.74, 6) is 1.04. The topological polar surface area (TPSA) is 93.4 Å². The van der Waals surface area contributed by atoms with Gasteiger partial charge >= 0.3 is 0 Å². The molecule has 1 aliphatic heterocycles. The molecule has 8 heteroatoms. The number of hydrogen-bond donors (Lipinski definition) is 0. The second-order valence-electron chi connectivity index (χ2n) is 6.63. The minimum atomic E-state index is -3.04. The van der Waals surface area contributed by atoms with Crippen molar-refractivity contribution >= 4 is 15.7 Å². The third kappa shape index (κ3) is 4.12. The van der Waals surface area contributed by atoms with Crippen molar-refractivity contribution in [2.45, 2.75) is 39.2 Å². The first kappa shape index (κ1) is 18.6. The molecule has 1 fully saturated rings. The van der Waals surface area contributed by atoms with Crippen LogP contribution in [0.2, 0.25) is 0 Å². The Morgan fingerprint density at radius 1 is 1.31 bits per heavy atom. The summed E-state index contributed by atoms with van der Waals surface area (Å²) in [5.41, 5.74) is 1.27. The van der Waals surface area contributed by atoms with Gasteiger partial charge in [-0.25, -0.2) is 8.42 Å². The Morgan fingerprint density at radius 3 is 2.58 bits per heavy atom. The fourth-order valence-electron chi connectivity index (χ4n) is 3.14. The van der Waals surface area contributed by atoms with Crippen molar-refractivity contribution in [1.82, 2.24) is 15.0 Å². The zero-order chi connectivity index (χ0) is 18.7. The molecule has 0 aliphatic carbocycles. The molecular weight excluding hydrogens is 354 g/mol. The lowest BCUT2D eigenvalue weighted by molar-refractivity contribution is 0.0694. The lowest BCUT2D eigenvalue weighted by Crippen LogP contribution is -2.41. The molecule has 2 aromatic rings. The van der Waals surface area contributed by atoms with Gasteiger partial charge in [-0.05, 0) is 44.0 Å². The van der Waals surface area contributed by atoms with E-state index in [0.29, 0.717) is 30.2 Å². The maximum Gasteiger partial charge on any atom is 0.257 e. The number of aryl methyl sites for hydroxylation is 1. The molecule has 1 amide bonds. The molecule has 140 valence electrons. The van der Waals surface area contributed by atoms with Gasteiger partial charge in [0.2, 0.25) is 0 Å². The van der Waals surface area contributed by atoms with Gasteiger partial charge in [0.05, 0.1) is 11.5 Å². The van der Waals surface area contributed by atoms with E-state index >= 15 is 0 Å². The number of hydrogen-bond acceptors (Lipinski definition) is 6. The number of carbonyl (C=O) groups excluding carboxylic acids is 1. The van der Waals surface area contributed by atoms with Gasteiger partial charge in [0.15, 0.2) is 15.7 Å². The maximum atomic E-state index is 13.0. The average Bonchev–Trinajstić information content (AvgIpc) is 3.20.